The maximum Gasteiger partial charge on any atom is 0.220 e. The highest BCUT2D eigenvalue weighted by Crippen LogP contribution is 2.21. The highest BCUT2D eigenvalue weighted by atomic mass is 35.5. The smallest absolute Gasteiger partial charge is 0.220 e. The van der Waals surface area contributed by atoms with Crippen LogP contribution in [0.4, 0.5) is 0 Å². The maximum absolute atomic E-state index is 11.7. The molecule has 1 atom stereocenters. The fraction of sp³-hybridized carbons (Fsp3) is 0.923. The van der Waals surface area contributed by atoms with Crippen LogP contribution in [0.2, 0.25) is 0 Å². The third-order valence-electron chi connectivity index (χ3n) is 3.10. The lowest BCUT2D eigenvalue weighted by Gasteiger charge is -2.34. The van der Waals surface area contributed by atoms with Crippen LogP contribution >= 0.6 is 24.8 Å². The number of hydrogen-bond acceptors (Lipinski definition) is 3. The molecule has 0 aromatic heterocycles. The zero-order valence-corrected chi connectivity index (χ0v) is 14.7. The van der Waals surface area contributed by atoms with E-state index in [1.54, 1.807) is 0 Å². The van der Waals surface area contributed by atoms with Crippen molar-refractivity contribution in [3.8, 4) is 0 Å². The van der Waals surface area contributed by atoms with Gasteiger partial charge in [0.2, 0.25) is 5.91 Å². The summed E-state index contributed by atoms with van der Waals surface area (Å²) in [6.07, 6.45) is 1.49. The summed E-state index contributed by atoms with van der Waals surface area (Å²) in [7, 11) is 6.02. The molecule has 2 N–H and O–H groups in total. The molecular formula is C13H31Cl2N3O. The Balaban J connectivity index is -0.00000128. The van der Waals surface area contributed by atoms with Gasteiger partial charge in [-0.15, -0.1) is 24.8 Å². The first-order chi connectivity index (χ1) is 7.79. The molecule has 0 aliphatic rings. The third-order valence-corrected chi connectivity index (χ3v) is 3.10. The molecule has 19 heavy (non-hydrogen) atoms. The molecule has 1 unspecified atom stereocenters. The molecule has 0 aliphatic carbocycles. The largest absolute Gasteiger partial charge is 0.353 e. The van der Waals surface area contributed by atoms with Gasteiger partial charge >= 0.3 is 0 Å². The second-order valence-electron chi connectivity index (χ2n) is 5.72. The standard InChI is InChI=1S/C13H29N3O.2ClH/c1-11(13(2,3)10-16(5)6)15-12(17)8-7-9-14-4;;/h11,14H,7-10H2,1-6H3,(H,15,17);2*1H. The molecule has 1 amide bonds. The lowest BCUT2D eigenvalue weighted by molar-refractivity contribution is -0.122. The zero-order valence-electron chi connectivity index (χ0n) is 13.1. The summed E-state index contributed by atoms with van der Waals surface area (Å²) in [5.41, 5.74) is 0.0855. The number of amides is 1. The summed E-state index contributed by atoms with van der Waals surface area (Å²) in [6, 6.07) is 0.187. The number of rotatable bonds is 8. The monoisotopic (exact) mass is 315 g/mol. The third kappa shape index (κ3) is 11.5. The van der Waals surface area contributed by atoms with Gasteiger partial charge in [0.05, 0.1) is 0 Å². The van der Waals surface area contributed by atoms with Crippen LogP contribution in [0.3, 0.4) is 0 Å². The average Bonchev–Trinajstić information content (AvgIpc) is 2.15. The molecule has 0 fully saturated rings. The number of nitrogens with one attached hydrogen (secondary N) is 2. The first-order valence-electron chi connectivity index (χ1n) is 6.38. The number of carbonyl (C=O) groups is 1. The molecule has 0 rings (SSSR count). The van der Waals surface area contributed by atoms with Crippen LogP contribution < -0.4 is 10.6 Å². The van der Waals surface area contributed by atoms with Crippen LogP contribution in [0, 0.1) is 5.41 Å². The second kappa shape index (κ2) is 11.8. The zero-order chi connectivity index (χ0) is 13.5. The Labute approximate surface area is 130 Å². The minimum atomic E-state index is 0. The van der Waals surface area contributed by atoms with Crippen molar-refractivity contribution in [2.24, 2.45) is 5.41 Å². The van der Waals surface area contributed by atoms with Crippen molar-refractivity contribution in [3.05, 3.63) is 0 Å². The molecular weight excluding hydrogens is 285 g/mol. The van der Waals surface area contributed by atoms with Gasteiger partial charge in [-0.3, -0.25) is 4.79 Å². The van der Waals surface area contributed by atoms with E-state index < -0.39 is 0 Å². The van der Waals surface area contributed by atoms with Crippen LogP contribution in [0.5, 0.6) is 0 Å². The molecule has 0 aromatic rings. The van der Waals surface area contributed by atoms with Crippen LogP contribution in [-0.2, 0) is 4.79 Å². The summed E-state index contributed by atoms with van der Waals surface area (Å²) in [5, 5.41) is 6.14. The topological polar surface area (TPSA) is 44.4 Å². The summed E-state index contributed by atoms with van der Waals surface area (Å²) >= 11 is 0. The van der Waals surface area contributed by atoms with Crippen molar-refractivity contribution in [3.63, 3.8) is 0 Å². The Hall–Kier alpha value is -0.0300. The number of hydrogen-bond donors (Lipinski definition) is 2. The second-order valence-corrected chi connectivity index (χ2v) is 5.72. The van der Waals surface area contributed by atoms with Crippen LogP contribution in [0.25, 0.3) is 0 Å². The van der Waals surface area contributed by atoms with E-state index in [0.29, 0.717) is 6.42 Å². The molecule has 118 valence electrons. The highest BCUT2D eigenvalue weighted by molar-refractivity contribution is 5.85. The summed E-state index contributed by atoms with van der Waals surface area (Å²) in [6.45, 7) is 8.31. The fourth-order valence-electron chi connectivity index (χ4n) is 1.89. The van der Waals surface area contributed by atoms with Gasteiger partial charge < -0.3 is 15.5 Å². The molecule has 0 bridgehead atoms. The lowest BCUT2D eigenvalue weighted by Crippen LogP contribution is -2.47. The highest BCUT2D eigenvalue weighted by Gasteiger charge is 2.27. The van der Waals surface area contributed by atoms with Gasteiger partial charge in [-0.25, -0.2) is 0 Å². The SMILES string of the molecule is CNCCCC(=O)NC(C)C(C)(C)CN(C)C.Cl.Cl. The summed E-state index contributed by atoms with van der Waals surface area (Å²) in [4.78, 5) is 13.9. The van der Waals surface area contributed by atoms with E-state index in [4.69, 9.17) is 0 Å². The van der Waals surface area contributed by atoms with E-state index in [9.17, 15) is 4.79 Å². The van der Waals surface area contributed by atoms with Gasteiger partial charge in [-0.2, -0.15) is 0 Å². The van der Waals surface area contributed by atoms with E-state index in [0.717, 1.165) is 19.5 Å². The molecule has 0 aliphatic heterocycles. The first-order valence-corrected chi connectivity index (χ1v) is 6.38. The molecule has 4 nitrogen and oxygen atoms in total. The Morgan fingerprint density at radius 1 is 1.26 bits per heavy atom. The predicted molar refractivity (Wildman–Crippen MR) is 87.6 cm³/mol. The maximum atomic E-state index is 11.7. The van der Waals surface area contributed by atoms with Crippen molar-refractivity contribution in [1.29, 1.82) is 0 Å². The van der Waals surface area contributed by atoms with Crippen molar-refractivity contribution < 1.29 is 4.79 Å². The molecule has 0 saturated carbocycles. The summed E-state index contributed by atoms with van der Waals surface area (Å²) in [5.74, 6) is 0.152. The lowest BCUT2D eigenvalue weighted by atomic mass is 9.85. The van der Waals surface area contributed by atoms with Gasteiger partial charge in [0.15, 0.2) is 0 Å². The van der Waals surface area contributed by atoms with Gasteiger partial charge in [0.25, 0.3) is 0 Å². The Morgan fingerprint density at radius 3 is 2.21 bits per heavy atom. The molecule has 0 spiro atoms. The fourth-order valence-corrected chi connectivity index (χ4v) is 1.89. The minimum absolute atomic E-state index is 0. The average molecular weight is 316 g/mol. The van der Waals surface area contributed by atoms with Crippen LogP contribution in [0.1, 0.15) is 33.6 Å². The number of halogens is 2. The minimum Gasteiger partial charge on any atom is -0.353 e. The molecule has 0 saturated heterocycles. The Bertz CT molecular complexity index is 236. The van der Waals surface area contributed by atoms with E-state index in [2.05, 4.69) is 50.4 Å². The molecule has 0 aromatic carbocycles. The van der Waals surface area contributed by atoms with E-state index >= 15 is 0 Å². The van der Waals surface area contributed by atoms with Gasteiger partial charge in [0.1, 0.15) is 0 Å². The molecule has 6 heteroatoms. The van der Waals surface area contributed by atoms with Gasteiger partial charge in [-0.1, -0.05) is 13.8 Å². The quantitative estimate of drug-likeness (QED) is 0.673. The number of carbonyl (C=O) groups excluding carboxylic acids is 1. The Morgan fingerprint density at radius 2 is 1.79 bits per heavy atom. The number of nitrogens with zero attached hydrogens (tertiary/aromatic N) is 1. The van der Waals surface area contributed by atoms with E-state index in [-0.39, 0.29) is 42.2 Å². The van der Waals surface area contributed by atoms with Crippen molar-refractivity contribution in [1.82, 2.24) is 15.5 Å². The van der Waals surface area contributed by atoms with Gasteiger partial charge in [0, 0.05) is 19.0 Å². The van der Waals surface area contributed by atoms with Gasteiger partial charge in [-0.05, 0) is 46.4 Å². The van der Waals surface area contributed by atoms with Crippen molar-refractivity contribution in [2.45, 2.75) is 39.7 Å². The van der Waals surface area contributed by atoms with E-state index in [1.807, 2.05) is 7.05 Å². The normalized spacial score (nSPS) is 12.4. The van der Waals surface area contributed by atoms with Crippen molar-refractivity contribution in [2.75, 3.05) is 34.2 Å². The van der Waals surface area contributed by atoms with Crippen LogP contribution in [0.15, 0.2) is 0 Å². The molecule has 0 heterocycles. The first kappa shape index (κ1) is 24.0. The molecule has 0 radical (unpaired) electrons. The van der Waals surface area contributed by atoms with Crippen LogP contribution in [-0.4, -0.2) is 51.1 Å². The predicted octanol–water partition coefficient (Wildman–Crippen LogP) is 1.92. The Kier molecular flexibility index (Phi) is 14.9. The van der Waals surface area contributed by atoms with E-state index in [1.165, 1.54) is 0 Å². The van der Waals surface area contributed by atoms with Crippen molar-refractivity contribution >= 4 is 30.7 Å². The summed E-state index contributed by atoms with van der Waals surface area (Å²) < 4.78 is 0.